The summed E-state index contributed by atoms with van der Waals surface area (Å²) >= 11 is 1.65. The third kappa shape index (κ3) is 4.98. The van der Waals surface area contributed by atoms with E-state index in [1.54, 1.807) is 18.7 Å². The molecule has 2 N–H and O–H groups in total. The van der Waals surface area contributed by atoms with Gasteiger partial charge in [-0.3, -0.25) is 14.9 Å². The molecule has 25 heavy (non-hydrogen) atoms. The molecule has 0 saturated heterocycles. The molecular formula is C18H26N4O2S. The summed E-state index contributed by atoms with van der Waals surface area (Å²) in [6.45, 7) is 4.63. The van der Waals surface area contributed by atoms with Crippen LogP contribution in [-0.2, 0) is 16.1 Å². The van der Waals surface area contributed by atoms with E-state index in [4.69, 9.17) is 0 Å². The molecule has 0 spiro atoms. The first-order valence-electron chi connectivity index (χ1n) is 8.65. The van der Waals surface area contributed by atoms with Gasteiger partial charge in [-0.25, -0.2) is 4.98 Å². The van der Waals surface area contributed by atoms with Crippen molar-refractivity contribution in [3.63, 3.8) is 0 Å². The molecule has 0 bridgehead atoms. The maximum Gasteiger partial charge on any atom is 0.249 e. The third-order valence-corrected chi connectivity index (χ3v) is 4.56. The molecule has 2 rings (SSSR count). The Hall–Kier alpha value is -2.02. The summed E-state index contributed by atoms with van der Waals surface area (Å²) < 4.78 is 2.01. The number of amides is 2. The smallest absolute Gasteiger partial charge is 0.249 e. The molecule has 7 heteroatoms. The van der Waals surface area contributed by atoms with Gasteiger partial charge in [-0.2, -0.15) is 11.8 Å². The summed E-state index contributed by atoms with van der Waals surface area (Å²) in [5.74, 6) is 0.993. The maximum absolute atomic E-state index is 12.7. The fourth-order valence-electron chi connectivity index (χ4n) is 2.62. The van der Waals surface area contributed by atoms with Crippen LogP contribution in [0.4, 0.5) is 5.95 Å². The summed E-state index contributed by atoms with van der Waals surface area (Å²) in [5, 5.41) is 5.72. The number of hydrogen-bond donors (Lipinski definition) is 2. The van der Waals surface area contributed by atoms with E-state index in [9.17, 15) is 9.59 Å². The number of rotatable bonds is 9. The Morgan fingerprint density at radius 2 is 2.04 bits per heavy atom. The van der Waals surface area contributed by atoms with Gasteiger partial charge in [-0.05, 0) is 37.0 Å². The van der Waals surface area contributed by atoms with Crippen molar-refractivity contribution in [2.75, 3.05) is 17.3 Å². The summed E-state index contributed by atoms with van der Waals surface area (Å²) in [6.07, 6.45) is 3.87. The van der Waals surface area contributed by atoms with Crippen LogP contribution in [-0.4, -0.2) is 39.4 Å². The normalized spacial score (nSPS) is 12.1. The number of nitrogens with zero attached hydrogens (tertiary/aromatic N) is 2. The van der Waals surface area contributed by atoms with Crippen molar-refractivity contribution in [1.29, 1.82) is 0 Å². The second kappa shape index (κ2) is 9.46. The Labute approximate surface area is 152 Å². The van der Waals surface area contributed by atoms with Gasteiger partial charge in [0.05, 0.1) is 11.0 Å². The number of anilines is 1. The lowest BCUT2D eigenvalue weighted by molar-refractivity contribution is -0.126. The fraction of sp³-hybridized carbons (Fsp3) is 0.500. The maximum atomic E-state index is 12.7. The zero-order valence-electron chi connectivity index (χ0n) is 15.0. The number of thioether (sulfide) groups is 1. The number of imidazole rings is 1. The van der Waals surface area contributed by atoms with E-state index in [0.717, 1.165) is 29.8 Å². The fourth-order valence-corrected chi connectivity index (χ4v) is 3.09. The number of fused-ring (bicyclic) bond motifs is 1. The van der Waals surface area contributed by atoms with Crippen LogP contribution in [0.1, 0.15) is 33.1 Å². The number of carbonyl (C=O) groups is 2. The van der Waals surface area contributed by atoms with Gasteiger partial charge in [0.1, 0.15) is 6.04 Å². The Morgan fingerprint density at radius 1 is 1.28 bits per heavy atom. The van der Waals surface area contributed by atoms with Crippen LogP contribution in [0, 0.1) is 0 Å². The van der Waals surface area contributed by atoms with Crippen LogP contribution in [0.25, 0.3) is 11.0 Å². The highest BCUT2D eigenvalue weighted by atomic mass is 32.2. The zero-order valence-corrected chi connectivity index (χ0v) is 15.9. The Bertz CT molecular complexity index is 729. The number of para-hydroxylation sites is 2. The van der Waals surface area contributed by atoms with Gasteiger partial charge in [0, 0.05) is 13.0 Å². The standard InChI is InChI=1S/C18H26N4O2S/c1-4-11-22-15-9-7-6-8-13(15)20-18(22)21-17(24)14(10-12-25-3)19-16(23)5-2/h6-9,14H,4-5,10-12H2,1-3H3,(H,19,23)(H,20,21,24). The molecule has 1 unspecified atom stereocenters. The monoisotopic (exact) mass is 362 g/mol. The highest BCUT2D eigenvalue weighted by molar-refractivity contribution is 7.98. The number of aryl methyl sites for hydroxylation is 1. The van der Waals surface area contributed by atoms with Crippen molar-refractivity contribution >= 4 is 40.6 Å². The molecule has 136 valence electrons. The number of aromatic nitrogens is 2. The first-order valence-corrected chi connectivity index (χ1v) is 10.0. The molecule has 0 aliphatic carbocycles. The minimum absolute atomic E-state index is 0.122. The van der Waals surface area contributed by atoms with Gasteiger partial charge >= 0.3 is 0 Å². The van der Waals surface area contributed by atoms with E-state index in [1.165, 1.54) is 0 Å². The number of carbonyl (C=O) groups excluding carboxylic acids is 2. The van der Waals surface area contributed by atoms with Crippen LogP contribution in [0.3, 0.4) is 0 Å². The summed E-state index contributed by atoms with van der Waals surface area (Å²) in [4.78, 5) is 29.0. The van der Waals surface area contributed by atoms with Crippen LogP contribution in [0.2, 0.25) is 0 Å². The van der Waals surface area contributed by atoms with E-state index in [-0.39, 0.29) is 11.8 Å². The molecule has 1 aromatic carbocycles. The largest absolute Gasteiger partial charge is 0.344 e. The van der Waals surface area contributed by atoms with Crippen molar-refractivity contribution in [2.45, 2.75) is 45.7 Å². The van der Waals surface area contributed by atoms with Gasteiger partial charge in [0.25, 0.3) is 0 Å². The van der Waals surface area contributed by atoms with E-state index in [2.05, 4.69) is 22.5 Å². The van der Waals surface area contributed by atoms with Gasteiger partial charge in [0.2, 0.25) is 17.8 Å². The van der Waals surface area contributed by atoms with E-state index in [1.807, 2.05) is 35.1 Å². The second-order valence-electron chi connectivity index (χ2n) is 5.82. The van der Waals surface area contributed by atoms with Crippen molar-refractivity contribution < 1.29 is 9.59 Å². The zero-order chi connectivity index (χ0) is 18.2. The molecule has 2 aromatic rings. The van der Waals surface area contributed by atoms with Crippen molar-refractivity contribution in [2.24, 2.45) is 0 Å². The lowest BCUT2D eigenvalue weighted by atomic mass is 10.2. The molecule has 6 nitrogen and oxygen atoms in total. The number of nitrogens with one attached hydrogen (secondary N) is 2. The molecule has 0 aliphatic rings. The van der Waals surface area contributed by atoms with Crippen LogP contribution < -0.4 is 10.6 Å². The first kappa shape index (κ1) is 19.3. The van der Waals surface area contributed by atoms with Crippen molar-refractivity contribution in [3.8, 4) is 0 Å². The second-order valence-corrected chi connectivity index (χ2v) is 6.81. The summed E-state index contributed by atoms with van der Waals surface area (Å²) in [6, 6.07) is 7.28. The average Bonchev–Trinajstić information content (AvgIpc) is 2.96. The molecule has 1 atom stereocenters. The van der Waals surface area contributed by atoms with Gasteiger partial charge in [-0.15, -0.1) is 0 Å². The molecular weight excluding hydrogens is 336 g/mol. The average molecular weight is 362 g/mol. The van der Waals surface area contributed by atoms with Crippen molar-refractivity contribution in [3.05, 3.63) is 24.3 Å². The lowest BCUT2D eigenvalue weighted by Gasteiger charge is -2.18. The minimum atomic E-state index is -0.546. The quantitative estimate of drug-likeness (QED) is 0.719. The Balaban J connectivity index is 2.22. The van der Waals surface area contributed by atoms with Gasteiger partial charge < -0.3 is 9.88 Å². The molecule has 0 aliphatic heterocycles. The Kier molecular flexibility index (Phi) is 7.31. The summed E-state index contributed by atoms with van der Waals surface area (Å²) in [5.41, 5.74) is 1.85. The van der Waals surface area contributed by atoms with E-state index < -0.39 is 6.04 Å². The predicted octanol–water partition coefficient (Wildman–Crippen LogP) is 3.03. The van der Waals surface area contributed by atoms with E-state index >= 15 is 0 Å². The third-order valence-electron chi connectivity index (χ3n) is 3.92. The molecule has 2 amide bonds. The predicted molar refractivity (Wildman–Crippen MR) is 104 cm³/mol. The summed E-state index contributed by atoms with van der Waals surface area (Å²) in [7, 11) is 0. The van der Waals surface area contributed by atoms with Crippen LogP contribution in [0.5, 0.6) is 0 Å². The molecule has 1 heterocycles. The molecule has 0 fully saturated rings. The SMILES string of the molecule is CCCn1c(NC(=O)C(CCSC)NC(=O)CC)nc2ccccc21. The lowest BCUT2D eigenvalue weighted by Crippen LogP contribution is -2.44. The van der Waals surface area contributed by atoms with E-state index in [0.29, 0.717) is 18.8 Å². The highest BCUT2D eigenvalue weighted by Gasteiger charge is 2.22. The number of benzene rings is 1. The van der Waals surface area contributed by atoms with Gasteiger partial charge in [-0.1, -0.05) is 26.0 Å². The van der Waals surface area contributed by atoms with Crippen LogP contribution in [0.15, 0.2) is 24.3 Å². The molecule has 0 saturated carbocycles. The topological polar surface area (TPSA) is 76.0 Å². The van der Waals surface area contributed by atoms with Crippen molar-refractivity contribution in [1.82, 2.24) is 14.9 Å². The molecule has 0 radical (unpaired) electrons. The molecule has 1 aromatic heterocycles. The Morgan fingerprint density at radius 3 is 2.72 bits per heavy atom. The minimum Gasteiger partial charge on any atom is -0.344 e. The number of hydrogen-bond acceptors (Lipinski definition) is 4. The first-order chi connectivity index (χ1) is 12.1. The van der Waals surface area contributed by atoms with Gasteiger partial charge in [0.15, 0.2) is 0 Å². The van der Waals surface area contributed by atoms with Crippen LogP contribution >= 0.6 is 11.8 Å². The highest BCUT2D eigenvalue weighted by Crippen LogP contribution is 2.20.